The van der Waals surface area contributed by atoms with Crippen LogP contribution in [0.1, 0.15) is 12.8 Å². The molecule has 4 heteroatoms. The van der Waals surface area contributed by atoms with Gasteiger partial charge in [0.05, 0.1) is 6.07 Å². The number of nitrogens with zero attached hydrogens (tertiary/aromatic N) is 2. The van der Waals surface area contributed by atoms with E-state index < -0.39 is 0 Å². The van der Waals surface area contributed by atoms with Crippen molar-refractivity contribution in [1.29, 1.82) is 5.26 Å². The second kappa shape index (κ2) is 5.84. The summed E-state index contributed by atoms with van der Waals surface area (Å²) >= 11 is 0. The molecule has 1 aliphatic rings. The topological polar surface area (TPSA) is 56.1 Å². The first kappa shape index (κ1) is 13.4. The molecule has 1 unspecified atom stereocenters. The van der Waals surface area contributed by atoms with Crippen molar-refractivity contribution in [1.82, 2.24) is 5.32 Å². The van der Waals surface area contributed by atoms with Crippen LogP contribution in [0.3, 0.4) is 0 Å². The summed E-state index contributed by atoms with van der Waals surface area (Å²) in [6.07, 6.45) is 0.858. The maximum atomic E-state index is 11.5. The minimum Gasteiger partial charge on any atom is -0.369 e. The van der Waals surface area contributed by atoms with E-state index in [1.165, 1.54) is 16.5 Å². The maximum Gasteiger partial charge on any atom is 0.234 e. The SMILES string of the molecule is N#CCC(=O)NC1CCN(c2ccc3ccccc3c2)C1. The highest BCUT2D eigenvalue weighted by atomic mass is 16.1. The molecule has 0 saturated carbocycles. The van der Waals surface area contributed by atoms with Crippen LogP contribution in [0.2, 0.25) is 0 Å². The van der Waals surface area contributed by atoms with Crippen molar-refractivity contribution in [3.63, 3.8) is 0 Å². The number of carbonyl (C=O) groups is 1. The molecule has 0 aliphatic carbocycles. The Bertz CT molecular complexity index is 704. The van der Waals surface area contributed by atoms with E-state index in [4.69, 9.17) is 5.26 Å². The van der Waals surface area contributed by atoms with Gasteiger partial charge in [0.15, 0.2) is 0 Å². The second-order valence-electron chi connectivity index (χ2n) is 5.37. The van der Waals surface area contributed by atoms with Gasteiger partial charge in [0, 0.05) is 24.8 Å². The lowest BCUT2D eigenvalue weighted by atomic mass is 10.1. The number of hydrogen-bond donors (Lipinski definition) is 1. The maximum absolute atomic E-state index is 11.5. The molecule has 3 rings (SSSR count). The first-order valence-corrected chi connectivity index (χ1v) is 7.16. The summed E-state index contributed by atoms with van der Waals surface area (Å²) < 4.78 is 0. The molecule has 1 N–H and O–H groups in total. The molecule has 0 spiro atoms. The van der Waals surface area contributed by atoms with Gasteiger partial charge in [-0.25, -0.2) is 0 Å². The van der Waals surface area contributed by atoms with Crippen LogP contribution in [0, 0.1) is 11.3 Å². The Morgan fingerprint density at radius 3 is 2.90 bits per heavy atom. The highest BCUT2D eigenvalue weighted by Crippen LogP contribution is 2.25. The highest BCUT2D eigenvalue weighted by molar-refractivity contribution is 5.86. The zero-order chi connectivity index (χ0) is 14.7. The molecule has 1 heterocycles. The van der Waals surface area contributed by atoms with Crippen molar-refractivity contribution in [2.24, 2.45) is 0 Å². The van der Waals surface area contributed by atoms with Crippen LogP contribution in [0.15, 0.2) is 42.5 Å². The molecule has 1 amide bonds. The largest absolute Gasteiger partial charge is 0.369 e. The van der Waals surface area contributed by atoms with Gasteiger partial charge in [-0.15, -0.1) is 0 Å². The fourth-order valence-electron chi connectivity index (χ4n) is 2.84. The molecule has 0 aromatic heterocycles. The van der Waals surface area contributed by atoms with E-state index in [1.807, 2.05) is 18.2 Å². The van der Waals surface area contributed by atoms with E-state index >= 15 is 0 Å². The predicted molar refractivity (Wildman–Crippen MR) is 82.9 cm³/mol. The van der Waals surface area contributed by atoms with Crippen LogP contribution in [-0.2, 0) is 4.79 Å². The number of carbonyl (C=O) groups excluding carboxylic acids is 1. The standard InChI is InChI=1S/C17H17N3O/c18-9-7-17(21)19-15-8-10-20(12-15)16-6-5-13-3-1-2-4-14(13)11-16/h1-6,11,15H,7-8,10,12H2,(H,19,21). The number of nitrogens with one attached hydrogen (secondary N) is 1. The van der Waals surface area contributed by atoms with Crippen molar-refractivity contribution >= 4 is 22.4 Å². The van der Waals surface area contributed by atoms with Crippen molar-refractivity contribution in [3.8, 4) is 6.07 Å². The Labute approximate surface area is 124 Å². The molecule has 2 aromatic rings. The number of rotatable bonds is 3. The third-order valence-corrected chi connectivity index (χ3v) is 3.89. The quantitative estimate of drug-likeness (QED) is 0.939. The molecule has 2 aromatic carbocycles. The zero-order valence-electron chi connectivity index (χ0n) is 11.7. The summed E-state index contributed by atoms with van der Waals surface area (Å²) in [5.41, 5.74) is 1.19. The minimum atomic E-state index is -0.178. The van der Waals surface area contributed by atoms with Crippen molar-refractivity contribution in [2.75, 3.05) is 18.0 Å². The molecule has 0 bridgehead atoms. The number of fused-ring (bicyclic) bond motifs is 1. The summed E-state index contributed by atoms with van der Waals surface area (Å²) in [6.45, 7) is 1.73. The molecule has 4 nitrogen and oxygen atoms in total. The van der Waals surface area contributed by atoms with Gasteiger partial charge in [-0.05, 0) is 29.3 Å². The molecule has 106 valence electrons. The van der Waals surface area contributed by atoms with E-state index in [1.54, 1.807) is 0 Å². The molecule has 21 heavy (non-hydrogen) atoms. The molecular formula is C17H17N3O. The number of anilines is 1. The van der Waals surface area contributed by atoms with E-state index in [-0.39, 0.29) is 18.4 Å². The molecule has 1 aliphatic heterocycles. The minimum absolute atomic E-state index is 0.0630. The van der Waals surface area contributed by atoms with Crippen LogP contribution in [0.25, 0.3) is 10.8 Å². The van der Waals surface area contributed by atoms with Crippen molar-refractivity contribution in [3.05, 3.63) is 42.5 Å². The molecule has 1 saturated heterocycles. The number of amides is 1. The third-order valence-electron chi connectivity index (χ3n) is 3.89. The summed E-state index contributed by atoms with van der Waals surface area (Å²) in [5.74, 6) is -0.178. The van der Waals surface area contributed by atoms with Gasteiger partial charge in [-0.2, -0.15) is 5.26 Å². The Morgan fingerprint density at radius 1 is 1.29 bits per heavy atom. The number of nitriles is 1. The van der Waals surface area contributed by atoms with Gasteiger partial charge in [0.25, 0.3) is 0 Å². The fourth-order valence-corrected chi connectivity index (χ4v) is 2.84. The normalized spacial score (nSPS) is 17.7. The summed E-state index contributed by atoms with van der Waals surface area (Å²) in [5, 5.41) is 13.9. The molecule has 1 atom stereocenters. The van der Waals surface area contributed by atoms with Crippen LogP contribution >= 0.6 is 0 Å². The lowest BCUT2D eigenvalue weighted by Crippen LogP contribution is -2.36. The van der Waals surface area contributed by atoms with Gasteiger partial charge in [-0.1, -0.05) is 30.3 Å². The summed E-state index contributed by atoms with van der Waals surface area (Å²) in [6, 6.07) is 16.8. The Hall–Kier alpha value is -2.54. The number of benzene rings is 2. The first-order valence-electron chi connectivity index (χ1n) is 7.16. The number of hydrogen-bond acceptors (Lipinski definition) is 3. The van der Waals surface area contributed by atoms with Gasteiger partial charge < -0.3 is 10.2 Å². The van der Waals surface area contributed by atoms with E-state index in [0.717, 1.165) is 19.5 Å². The van der Waals surface area contributed by atoms with Gasteiger partial charge in [0.2, 0.25) is 5.91 Å². The predicted octanol–water partition coefficient (Wildman–Crippen LogP) is 2.45. The van der Waals surface area contributed by atoms with Crippen LogP contribution < -0.4 is 10.2 Å². The van der Waals surface area contributed by atoms with Crippen LogP contribution in [0.4, 0.5) is 5.69 Å². The lowest BCUT2D eigenvalue weighted by Gasteiger charge is -2.19. The van der Waals surface area contributed by atoms with Gasteiger partial charge in [-0.3, -0.25) is 4.79 Å². The van der Waals surface area contributed by atoms with Crippen molar-refractivity contribution < 1.29 is 4.79 Å². The van der Waals surface area contributed by atoms with E-state index in [2.05, 4.69) is 40.5 Å². The molecule has 1 fully saturated rings. The second-order valence-corrected chi connectivity index (χ2v) is 5.37. The Kier molecular flexibility index (Phi) is 3.74. The fraction of sp³-hybridized carbons (Fsp3) is 0.294. The highest BCUT2D eigenvalue weighted by Gasteiger charge is 2.23. The van der Waals surface area contributed by atoms with Crippen LogP contribution in [0.5, 0.6) is 0 Å². The van der Waals surface area contributed by atoms with E-state index in [9.17, 15) is 4.79 Å². The van der Waals surface area contributed by atoms with Crippen LogP contribution in [-0.4, -0.2) is 25.0 Å². The lowest BCUT2D eigenvalue weighted by molar-refractivity contribution is -0.120. The average Bonchev–Trinajstić information content (AvgIpc) is 2.95. The van der Waals surface area contributed by atoms with Crippen molar-refractivity contribution in [2.45, 2.75) is 18.9 Å². The van der Waals surface area contributed by atoms with Gasteiger partial charge in [0.1, 0.15) is 6.42 Å². The monoisotopic (exact) mass is 279 g/mol. The average molecular weight is 279 g/mol. The smallest absolute Gasteiger partial charge is 0.234 e. The Morgan fingerprint density at radius 2 is 2.10 bits per heavy atom. The molecular weight excluding hydrogens is 262 g/mol. The zero-order valence-corrected chi connectivity index (χ0v) is 11.7. The first-order chi connectivity index (χ1) is 10.3. The van der Waals surface area contributed by atoms with E-state index in [0.29, 0.717) is 0 Å². The third kappa shape index (κ3) is 2.97. The summed E-state index contributed by atoms with van der Waals surface area (Å²) in [4.78, 5) is 13.7. The molecule has 0 radical (unpaired) electrons. The van der Waals surface area contributed by atoms with Gasteiger partial charge >= 0.3 is 0 Å². The Balaban J connectivity index is 1.70. The summed E-state index contributed by atoms with van der Waals surface area (Å²) in [7, 11) is 0.